The fourth-order valence-corrected chi connectivity index (χ4v) is 1.72. The van der Waals surface area contributed by atoms with Gasteiger partial charge >= 0.3 is 0 Å². The normalized spacial score (nSPS) is 11.8. The Balaban J connectivity index is 1.99. The third-order valence-corrected chi connectivity index (χ3v) is 2.84. The van der Waals surface area contributed by atoms with Crippen molar-refractivity contribution >= 4 is 17.4 Å². The van der Waals surface area contributed by atoms with Crippen molar-refractivity contribution in [3.8, 4) is 0 Å². The van der Waals surface area contributed by atoms with Gasteiger partial charge < -0.3 is 21.9 Å². The number of nitrogen functional groups attached to an aromatic ring is 1. The average Bonchev–Trinajstić information content (AvgIpc) is 2.46. The maximum absolute atomic E-state index is 11.1. The van der Waals surface area contributed by atoms with Gasteiger partial charge in [0.05, 0.1) is 6.10 Å². The molecule has 2 aromatic rings. The lowest BCUT2D eigenvalue weighted by Crippen LogP contribution is -2.15. The number of nitrogens with zero attached hydrogens (tertiary/aromatic N) is 1. The molecule has 6 N–H and O–H groups in total. The van der Waals surface area contributed by atoms with Gasteiger partial charge in [-0.05, 0) is 29.8 Å². The molecule has 0 aliphatic carbocycles. The van der Waals surface area contributed by atoms with Crippen LogP contribution in [0, 0.1) is 0 Å². The van der Waals surface area contributed by atoms with Gasteiger partial charge in [-0.2, -0.15) is 0 Å². The molecule has 0 spiro atoms. The molecular weight excluding hydrogens is 256 g/mol. The van der Waals surface area contributed by atoms with E-state index in [0.29, 0.717) is 17.1 Å². The van der Waals surface area contributed by atoms with Crippen LogP contribution >= 0.6 is 0 Å². The second-order valence-corrected chi connectivity index (χ2v) is 4.36. The number of hydrogen-bond acceptors (Lipinski definition) is 5. The molecule has 1 atom stereocenters. The van der Waals surface area contributed by atoms with Crippen LogP contribution in [0.4, 0.5) is 11.5 Å². The first-order chi connectivity index (χ1) is 9.56. The van der Waals surface area contributed by atoms with Crippen LogP contribution in [0.5, 0.6) is 0 Å². The summed E-state index contributed by atoms with van der Waals surface area (Å²) in [5.74, 6) is -0.0367. The van der Waals surface area contributed by atoms with Crippen LogP contribution in [0.15, 0.2) is 42.6 Å². The van der Waals surface area contributed by atoms with E-state index in [9.17, 15) is 9.90 Å². The van der Waals surface area contributed by atoms with Crippen LogP contribution < -0.4 is 16.8 Å². The van der Waals surface area contributed by atoms with E-state index in [0.717, 1.165) is 5.56 Å². The summed E-state index contributed by atoms with van der Waals surface area (Å²) < 4.78 is 0. The molecule has 1 aromatic carbocycles. The van der Waals surface area contributed by atoms with Crippen molar-refractivity contribution in [2.75, 3.05) is 17.6 Å². The Hall–Kier alpha value is -2.60. The van der Waals surface area contributed by atoms with Crippen LogP contribution in [0.2, 0.25) is 0 Å². The highest BCUT2D eigenvalue weighted by Crippen LogP contribution is 2.15. The molecule has 0 fully saturated rings. The van der Waals surface area contributed by atoms with Gasteiger partial charge in [-0.15, -0.1) is 0 Å². The van der Waals surface area contributed by atoms with Gasteiger partial charge in [-0.25, -0.2) is 4.98 Å². The molecule has 0 saturated carbocycles. The van der Waals surface area contributed by atoms with Crippen molar-refractivity contribution < 1.29 is 9.90 Å². The zero-order valence-corrected chi connectivity index (χ0v) is 10.8. The molecule has 1 amide bonds. The van der Waals surface area contributed by atoms with Gasteiger partial charge in [-0.3, -0.25) is 4.79 Å². The standard InChI is InChI=1S/C14H16N4O2/c15-11-3-1-9(2-4-11)12(19)8-18-13-7-10(14(16)20)5-6-17-13/h1-7,12,19H,8,15H2,(H2,16,20)(H,17,18). The summed E-state index contributed by atoms with van der Waals surface area (Å²) in [7, 11) is 0. The van der Waals surface area contributed by atoms with Crippen LogP contribution in [0.3, 0.4) is 0 Å². The maximum Gasteiger partial charge on any atom is 0.248 e. The molecular formula is C14H16N4O2. The highest BCUT2D eigenvalue weighted by molar-refractivity contribution is 5.93. The van der Waals surface area contributed by atoms with Gasteiger partial charge in [0.2, 0.25) is 5.91 Å². The first-order valence-electron chi connectivity index (χ1n) is 6.09. The quantitative estimate of drug-likeness (QED) is 0.604. The number of aliphatic hydroxyl groups is 1. The van der Waals surface area contributed by atoms with Crippen molar-refractivity contribution in [3.63, 3.8) is 0 Å². The first kappa shape index (κ1) is 13.8. The number of hydrogen-bond donors (Lipinski definition) is 4. The van der Waals surface area contributed by atoms with E-state index in [-0.39, 0.29) is 6.54 Å². The van der Waals surface area contributed by atoms with Crippen molar-refractivity contribution in [2.24, 2.45) is 5.73 Å². The van der Waals surface area contributed by atoms with Gasteiger partial charge in [0, 0.05) is 24.0 Å². The SMILES string of the molecule is NC(=O)c1ccnc(NCC(O)c2ccc(N)cc2)c1. The number of benzene rings is 1. The van der Waals surface area contributed by atoms with E-state index in [2.05, 4.69) is 10.3 Å². The number of pyridine rings is 1. The lowest BCUT2D eigenvalue weighted by Gasteiger charge is -2.13. The Kier molecular flexibility index (Phi) is 4.17. The Morgan fingerprint density at radius 1 is 1.30 bits per heavy atom. The molecule has 6 heteroatoms. The smallest absolute Gasteiger partial charge is 0.248 e. The summed E-state index contributed by atoms with van der Waals surface area (Å²) in [6, 6.07) is 10.0. The molecule has 0 aliphatic heterocycles. The molecule has 104 valence electrons. The predicted molar refractivity (Wildman–Crippen MR) is 77.1 cm³/mol. The zero-order valence-electron chi connectivity index (χ0n) is 10.8. The number of nitrogens with two attached hydrogens (primary N) is 2. The third-order valence-electron chi connectivity index (χ3n) is 2.84. The molecule has 0 radical (unpaired) electrons. The number of aromatic nitrogens is 1. The van der Waals surface area contributed by atoms with Crippen molar-refractivity contribution in [1.29, 1.82) is 0 Å². The lowest BCUT2D eigenvalue weighted by atomic mass is 10.1. The van der Waals surface area contributed by atoms with Crippen LogP contribution in [-0.4, -0.2) is 22.5 Å². The Labute approximate surface area is 116 Å². The summed E-state index contributed by atoms with van der Waals surface area (Å²) in [6.07, 6.45) is 0.785. The van der Waals surface area contributed by atoms with E-state index in [1.807, 2.05) is 0 Å². The highest BCUT2D eigenvalue weighted by Gasteiger charge is 2.08. The molecule has 1 aromatic heterocycles. The number of amides is 1. The monoisotopic (exact) mass is 272 g/mol. The van der Waals surface area contributed by atoms with Crippen LogP contribution in [0.1, 0.15) is 22.0 Å². The fraction of sp³-hybridized carbons (Fsp3) is 0.143. The predicted octanol–water partition coefficient (Wildman–Crippen LogP) is 0.908. The summed E-state index contributed by atoms with van der Waals surface area (Å²) in [5, 5.41) is 13.0. The van der Waals surface area contributed by atoms with E-state index >= 15 is 0 Å². The molecule has 2 rings (SSSR count). The first-order valence-corrected chi connectivity index (χ1v) is 6.09. The zero-order chi connectivity index (χ0) is 14.5. The minimum atomic E-state index is -0.699. The van der Waals surface area contributed by atoms with E-state index in [4.69, 9.17) is 11.5 Å². The minimum absolute atomic E-state index is 0.263. The number of aliphatic hydroxyl groups excluding tert-OH is 1. The third kappa shape index (κ3) is 3.46. The molecule has 0 bridgehead atoms. The lowest BCUT2D eigenvalue weighted by molar-refractivity contribution is 0.1000. The second-order valence-electron chi connectivity index (χ2n) is 4.36. The topological polar surface area (TPSA) is 114 Å². The number of carbonyl (C=O) groups is 1. The van der Waals surface area contributed by atoms with Crippen molar-refractivity contribution in [2.45, 2.75) is 6.10 Å². The highest BCUT2D eigenvalue weighted by atomic mass is 16.3. The molecule has 20 heavy (non-hydrogen) atoms. The summed E-state index contributed by atoms with van der Waals surface area (Å²) in [4.78, 5) is 15.1. The minimum Gasteiger partial charge on any atom is -0.399 e. The van der Waals surface area contributed by atoms with Crippen molar-refractivity contribution in [1.82, 2.24) is 4.98 Å². The Bertz CT molecular complexity index is 598. The number of nitrogens with one attached hydrogen (secondary N) is 1. The van der Waals surface area contributed by atoms with Gasteiger partial charge in [-0.1, -0.05) is 12.1 Å². The fourth-order valence-electron chi connectivity index (χ4n) is 1.72. The molecule has 0 aliphatic rings. The van der Waals surface area contributed by atoms with E-state index in [1.165, 1.54) is 18.3 Å². The van der Waals surface area contributed by atoms with Crippen molar-refractivity contribution in [3.05, 3.63) is 53.7 Å². The van der Waals surface area contributed by atoms with Crippen LogP contribution in [0.25, 0.3) is 0 Å². The maximum atomic E-state index is 11.1. The molecule has 1 heterocycles. The summed E-state index contributed by atoms with van der Waals surface area (Å²) in [6.45, 7) is 0.263. The Morgan fingerprint density at radius 2 is 2.00 bits per heavy atom. The van der Waals surface area contributed by atoms with E-state index in [1.54, 1.807) is 24.3 Å². The average molecular weight is 272 g/mol. The number of primary amides is 1. The van der Waals surface area contributed by atoms with Gasteiger partial charge in [0.15, 0.2) is 0 Å². The second kappa shape index (κ2) is 6.03. The van der Waals surface area contributed by atoms with Gasteiger partial charge in [0.25, 0.3) is 0 Å². The Morgan fingerprint density at radius 3 is 2.65 bits per heavy atom. The number of carbonyl (C=O) groups excluding carboxylic acids is 1. The van der Waals surface area contributed by atoms with E-state index < -0.39 is 12.0 Å². The molecule has 1 unspecified atom stereocenters. The summed E-state index contributed by atoms with van der Waals surface area (Å²) >= 11 is 0. The summed E-state index contributed by atoms with van der Waals surface area (Å²) in [5.41, 5.74) is 12.5. The molecule has 6 nitrogen and oxygen atoms in total. The largest absolute Gasteiger partial charge is 0.399 e. The van der Waals surface area contributed by atoms with Gasteiger partial charge in [0.1, 0.15) is 5.82 Å². The number of anilines is 2. The molecule has 0 saturated heterocycles. The van der Waals surface area contributed by atoms with Crippen LogP contribution in [-0.2, 0) is 0 Å². The number of rotatable bonds is 5.